The first kappa shape index (κ1) is 25.0. The second kappa shape index (κ2) is 12.0. The number of carbonyl (C=O) groups is 1. The molecule has 0 aliphatic rings. The normalized spacial score (nSPS) is 10.9. The fraction of sp³-hybridized carbons (Fsp3) is 0.154. The van der Waals surface area contributed by atoms with Gasteiger partial charge in [0.05, 0.1) is 14.2 Å². The summed E-state index contributed by atoms with van der Waals surface area (Å²) in [7, 11) is 3.10. The number of carbonyl (C=O) groups excluding carboxylic acids is 1. The second-order valence-corrected chi connectivity index (χ2v) is 7.98. The van der Waals surface area contributed by atoms with Crippen molar-refractivity contribution in [3.63, 3.8) is 0 Å². The van der Waals surface area contributed by atoms with Gasteiger partial charge in [0, 0.05) is 22.2 Å². The lowest BCUT2D eigenvalue weighted by atomic mass is 10.1. The number of halogens is 2. The number of benzene rings is 3. The van der Waals surface area contributed by atoms with Crippen molar-refractivity contribution >= 4 is 35.2 Å². The minimum absolute atomic E-state index is 0.0304. The van der Waals surface area contributed by atoms with Gasteiger partial charge in [-0.05, 0) is 53.6 Å². The van der Waals surface area contributed by atoms with Crippen molar-refractivity contribution in [3.05, 3.63) is 93.0 Å². The highest BCUT2D eigenvalue weighted by atomic mass is 35.5. The van der Waals surface area contributed by atoms with Crippen molar-refractivity contribution in [1.29, 1.82) is 5.26 Å². The van der Waals surface area contributed by atoms with E-state index in [1.807, 2.05) is 18.2 Å². The maximum Gasteiger partial charge on any atom is 0.262 e. The van der Waals surface area contributed by atoms with Crippen LogP contribution >= 0.6 is 23.2 Å². The molecule has 34 heavy (non-hydrogen) atoms. The zero-order valence-electron chi connectivity index (χ0n) is 18.6. The fourth-order valence-corrected chi connectivity index (χ4v) is 3.49. The first-order valence-corrected chi connectivity index (χ1v) is 11.0. The van der Waals surface area contributed by atoms with Gasteiger partial charge in [-0.25, -0.2) is 0 Å². The van der Waals surface area contributed by atoms with E-state index in [1.54, 1.807) is 55.6 Å². The van der Waals surface area contributed by atoms with Crippen molar-refractivity contribution in [3.8, 4) is 23.3 Å². The van der Waals surface area contributed by atoms with Gasteiger partial charge >= 0.3 is 0 Å². The molecule has 0 aliphatic heterocycles. The van der Waals surface area contributed by atoms with Crippen LogP contribution in [0.5, 0.6) is 17.2 Å². The van der Waals surface area contributed by atoms with Gasteiger partial charge in [-0.3, -0.25) is 4.79 Å². The summed E-state index contributed by atoms with van der Waals surface area (Å²) in [5.74, 6) is 1.20. The number of methoxy groups -OCH3 is 2. The molecule has 174 valence electrons. The SMILES string of the molecule is COc1ccc(CNC(=O)/C(C#N)=C\c2ccc(OCc3ccc(Cl)cc3Cl)c(OC)c2)cc1. The summed E-state index contributed by atoms with van der Waals surface area (Å²) in [5.41, 5.74) is 2.25. The Morgan fingerprint density at radius 2 is 1.76 bits per heavy atom. The molecule has 0 radical (unpaired) electrons. The van der Waals surface area contributed by atoms with Crippen LogP contribution in [0.1, 0.15) is 16.7 Å². The lowest BCUT2D eigenvalue weighted by Crippen LogP contribution is -2.23. The summed E-state index contributed by atoms with van der Waals surface area (Å²) >= 11 is 12.1. The summed E-state index contributed by atoms with van der Waals surface area (Å²) in [4.78, 5) is 12.5. The van der Waals surface area contributed by atoms with Crippen molar-refractivity contribution in [2.45, 2.75) is 13.2 Å². The van der Waals surface area contributed by atoms with E-state index in [2.05, 4.69) is 5.32 Å². The van der Waals surface area contributed by atoms with Crippen LogP contribution in [0, 0.1) is 11.3 Å². The van der Waals surface area contributed by atoms with Crippen LogP contribution in [-0.4, -0.2) is 20.1 Å². The molecule has 3 aromatic rings. The highest BCUT2D eigenvalue weighted by Gasteiger charge is 2.12. The second-order valence-electron chi connectivity index (χ2n) is 7.14. The molecule has 0 saturated heterocycles. The van der Waals surface area contributed by atoms with Gasteiger partial charge in [-0.1, -0.05) is 47.5 Å². The summed E-state index contributed by atoms with van der Waals surface area (Å²) in [6, 6.07) is 19.5. The van der Waals surface area contributed by atoms with Crippen LogP contribution in [-0.2, 0) is 17.9 Å². The topological polar surface area (TPSA) is 80.6 Å². The third-order valence-electron chi connectivity index (χ3n) is 4.87. The highest BCUT2D eigenvalue weighted by Crippen LogP contribution is 2.31. The molecule has 1 amide bonds. The minimum atomic E-state index is -0.477. The van der Waals surface area contributed by atoms with E-state index in [0.717, 1.165) is 16.9 Å². The van der Waals surface area contributed by atoms with E-state index in [0.29, 0.717) is 27.1 Å². The van der Waals surface area contributed by atoms with Gasteiger partial charge in [0.25, 0.3) is 5.91 Å². The third kappa shape index (κ3) is 6.67. The Morgan fingerprint density at radius 3 is 2.41 bits per heavy atom. The molecule has 0 aromatic heterocycles. The molecular formula is C26H22Cl2N2O4. The molecule has 0 unspecified atom stereocenters. The van der Waals surface area contributed by atoms with Gasteiger partial charge in [-0.15, -0.1) is 0 Å². The van der Waals surface area contributed by atoms with Gasteiger partial charge in [0.1, 0.15) is 24.0 Å². The highest BCUT2D eigenvalue weighted by molar-refractivity contribution is 6.35. The molecule has 0 aliphatic carbocycles. The number of hydrogen-bond donors (Lipinski definition) is 1. The molecule has 0 saturated carbocycles. The minimum Gasteiger partial charge on any atom is -0.497 e. The predicted molar refractivity (Wildman–Crippen MR) is 132 cm³/mol. The standard InChI is InChI=1S/C26H22Cl2N2O4/c1-32-22-8-3-17(4-9-22)15-30-26(31)20(14-29)11-18-5-10-24(25(12-18)33-2)34-16-19-6-7-21(27)13-23(19)28/h3-13H,15-16H2,1-2H3,(H,30,31)/b20-11-. The molecule has 3 rings (SSSR count). The van der Waals surface area contributed by atoms with E-state index >= 15 is 0 Å². The number of nitrogens with one attached hydrogen (secondary N) is 1. The summed E-state index contributed by atoms with van der Waals surface area (Å²) < 4.78 is 16.4. The Morgan fingerprint density at radius 1 is 1.00 bits per heavy atom. The maximum atomic E-state index is 12.5. The molecule has 8 heteroatoms. The predicted octanol–water partition coefficient (Wildman–Crippen LogP) is 5.81. The van der Waals surface area contributed by atoms with E-state index in [4.69, 9.17) is 37.4 Å². The van der Waals surface area contributed by atoms with Crippen LogP contribution in [0.3, 0.4) is 0 Å². The Hall–Kier alpha value is -3.66. The molecule has 6 nitrogen and oxygen atoms in total. The zero-order valence-corrected chi connectivity index (χ0v) is 20.1. The number of nitriles is 1. The molecule has 0 spiro atoms. The zero-order chi connectivity index (χ0) is 24.5. The molecule has 1 N–H and O–H groups in total. The smallest absolute Gasteiger partial charge is 0.262 e. The van der Waals surface area contributed by atoms with Crippen molar-refractivity contribution in [2.75, 3.05) is 14.2 Å². The van der Waals surface area contributed by atoms with Crippen LogP contribution < -0.4 is 19.5 Å². The number of nitrogens with zero attached hydrogens (tertiary/aromatic N) is 1. The van der Waals surface area contributed by atoms with Gasteiger partial charge in [0.15, 0.2) is 11.5 Å². The van der Waals surface area contributed by atoms with Crippen LogP contribution in [0.4, 0.5) is 0 Å². The average molecular weight is 497 g/mol. The van der Waals surface area contributed by atoms with Crippen molar-refractivity contribution in [1.82, 2.24) is 5.32 Å². The molecular weight excluding hydrogens is 475 g/mol. The van der Waals surface area contributed by atoms with Crippen molar-refractivity contribution in [2.24, 2.45) is 0 Å². The number of amides is 1. The van der Waals surface area contributed by atoms with Crippen LogP contribution in [0.25, 0.3) is 6.08 Å². The quantitative estimate of drug-likeness (QED) is 0.298. The lowest BCUT2D eigenvalue weighted by molar-refractivity contribution is -0.117. The summed E-state index contributed by atoms with van der Waals surface area (Å²) in [6.45, 7) is 0.504. The largest absolute Gasteiger partial charge is 0.497 e. The molecule has 3 aromatic carbocycles. The van der Waals surface area contributed by atoms with E-state index < -0.39 is 5.91 Å². The van der Waals surface area contributed by atoms with Gasteiger partial charge in [-0.2, -0.15) is 5.26 Å². The Bertz CT molecular complexity index is 1230. The van der Waals surface area contributed by atoms with Crippen LogP contribution in [0.2, 0.25) is 10.0 Å². The van der Waals surface area contributed by atoms with Crippen molar-refractivity contribution < 1.29 is 19.0 Å². The lowest BCUT2D eigenvalue weighted by Gasteiger charge is -2.12. The Kier molecular flexibility index (Phi) is 8.80. The molecule has 0 atom stereocenters. The third-order valence-corrected chi connectivity index (χ3v) is 5.46. The molecule has 0 fully saturated rings. The fourth-order valence-electron chi connectivity index (χ4n) is 3.02. The maximum absolute atomic E-state index is 12.5. The van der Waals surface area contributed by atoms with Gasteiger partial charge in [0.2, 0.25) is 0 Å². The van der Waals surface area contributed by atoms with E-state index in [-0.39, 0.29) is 18.7 Å². The van der Waals surface area contributed by atoms with Gasteiger partial charge < -0.3 is 19.5 Å². The summed E-state index contributed by atoms with van der Waals surface area (Å²) in [5, 5.41) is 13.3. The Balaban J connectivity index is 1.68. The molecule has 0 heterocycles. The van der Waals surface area contributed by atoms with E-state index in [9.17, 15) is 10.1 Å². The molecule has 0 bridgehead atoms. The monoisotopic (exact) mass is 496 g/mol. The van der Waals surface area contributed by atoms with E-state index in [1.165, 1.54) is 13.2 Å². The Labute approximate surface area is 208 Å². The first-order valence-electron chi connectivity index (χ1n) is 10.2. The number of rotatable bonds is 9. The first-order chi connectivity index (χ1) is 16.4. The summed E-state index contributed by atoms with van der Waals surface area (Å²) in [6.07, 6.45) is 1.49. The van der Waals surface area contributed by atoms with Crippen LogP contribution in [0.15, 0.2) is 66.2 Å². The average Bonchev–Trinajstić information content (AvgIpc) is 2.85. The number of hydrogen-bond acceptors (Lipinski definition) is 5. The number of ether oxygens (including phenoxy) is 3.